The van der Waals surface area contributed by atoms with Crippen molar-refractivity contribution < 1.29 is 19.1 Å². The molecule has 4 heteroatoms. The molecule has 0 N–H and O–H groups in total. The van der Waals surface area contributed by atoms with E-state index in [1.165, 1.54) is 64.2 Å². The fraction of sp³-hybridized carbons (Fsp3) is 0.833. The van der Waals surface area contributed by atoms with Crippen LogP contribution in [0.5, 0.6) is 0 Å². The number of carbonyl (C=O) groups is 2. The quantitative estimate of drug-likeness (QED) is 0.340. The van der Waals surface area contributed by atoms with Crippen LogP contribution in [-0.4, -0.2) is 25.2 Å². The lowest BCUT2D eigenvalue weighted by atomic mass is 10.1. The van der Waals surface area contributed by atoms with Gasteiger partial charge in [-0.3, -0.25) is 9.59 Å². The zero-order valence-corrected chi connectivity index (χ0v) is 17.9. The minimum absolute atomic E-state index is 0.0939. The molecule has 0 fully saturated rings. The van der Waals surface area contributed by atoms with Crippen LogP contribution in [0.1, 0.15) is 116 Å². The molecule has 0 saturated heterocycles. The van der Waals surface area contributed by atoms with E-state index < -0.39 is 0 Å². The second-order valence-electron chi connectivity index (χ2n) is 7.94. The molecular formula is C24H42O4. The highest BCUT2D eigenvalue weighted by Gasteiger charge is 2.04. The highest BCUT2D eigenvalue weighted by atomic mass is 16.5. The first-order valence-electron chi connectivity index (χ1n) is 11.8. The third-order valence-electron chi connectivity index (χ3n) is 5.23. The number of carbonyl (C=O) groups excluding carboxylic acids is 2. The Bertz CT molecular complexity index is 379. The first-order valence-corrected chi connectivity index (χ1v) is 11.8. The summed E-state index contributed by atoms with van der Waals surface area (Å²) in [7, 11) is 0. The average Bonchev–Trinajstić information content (AvgIpc) is 2.69. The van der Waals surface area contributed by atoms with E-state index in [9.17, 15) is 9.59 Å². The zero-order valence-electron chi connectivity index (χ0n) is 17.9. The molecule has 0 bridgehead atoms. The van der Waals surface area contributed by atoms with Gasteiger partial charge in [0, 0.05) is 12.8 Å². The Labute approximate surface area is 172 Å². The van der Waals surface area contributed by atoms with Crippen molar-refractivity contribution in [2.45, 2.75) is 116 Å². The van der Waals surface area contributed by atoms with Gasteiger partial charge in [-0.05, 0) is 51.4 Å². The Morgan fingerprint density at radius 1 is 0.464 bits per heavy atom. The minimum atomic E-state index is -0.0939. The van der Waals surface area contributed by atoms with Gasteiger partial charge in [-0.15, -0.1) is 0 Å². The average molecular weight is 395 g/mol. The Morgan fingerprint density at radius 3 is 1.25 bits per heavy atom. The maximum absolute atomic E-state index is 11.7. The monoisotopic (exact) mass is 394 g/mol. The summed E-state index contributed by atoms with van der Waals surface area (Å²) in [5, 5.41) is 0. The molecule has 1 heterocycles. The van der Waals surface area contributed by atoms with Crippen LogP contribution in [0.2, 0.25) is 0 Å². The molecule has 1 aliphatic heterocycles. The Kier molecular flexibility index (Phi) is 16.8. The molecule has 1 aliphatic rings. The van der Waals surface area contributed by atoms with Gasteiger partial charge in [0.05, 0.1) is 13.2 Å². The van der Waals surface area contributed by atoms with E-state index in [0.717, 1.165) is 38.5 Å². The van der Waals surface area contributed by atoms with E-state index in [2.05, 4.69) is 12.2 Å². The van der Waals surface area contributed by atoms with Crippen molar-refractivity contribution >= 4 is 11.9 Å². The third-order valence-corrected chi connectivity index (χ3v) is 5.23. The lowest BCUT2D eigenvalue weighted by Gasteiger charge is -2.07. The van der Waals surface area contributed by atoms with Crippen LogP contribution in [0.25, 0.3) is 0 Å². The number of hydrogen-bond acceptors (Lipinski definition) is 4. The normalized spacial score (nSPS) is 23.3. The summed E-state index contributed by atoms with van der Waals surface area (Å²) in [6, 6.07) is 0. The van der Waals surface area contributed by atoms with Gasteiger partial charge in [-0.1, -0.05) is 63.5 Å². The van der Waals surface area contributed by atoms with E-state index >= 15 is 0 Å². The first kappa shape index (κ1) is 24.7. The van der Waals surface area contributed by atoms with Crippen LogP contribution in [0.15, 0.2) is 12.2 Å². The summed E-state index contributed by atoms with van der Waals surface area (Å²) in [5.74, 6) is -0.188. The van der Waals surface area contributed by atoms with Crippen molar-refractivity contribution in [3.8, 4) is 0 Å². The second-order valence-corrected chi connectivity index (χ2v) is 7.94. The molecule has 4 nitrogen and oxygen atoms in total. The fourth-order valence-electron chi connectivity index (χ4n) is 3.43. The van der Waals surface area contributed by atoms with Crippen molar-refractivity contribution in [3.63, 3.8) is 0 Å². The van der Waals surface area contributed by atoms with Crippen LogP contribution in [-0.2, 0) is 19.1 Å². The molecular weight excluding hydrogens is 352 g/mol. The summed E-state index contributed by atoms with van der Waals surface area (Å²) in [4.78, 5) is 23.4. The predicted molar refractivity (Wildman–Crippen MR) is 114 cm³/mol. The van der Waals surface area contributed by atoms with Gasteiger partial charge in [0.15, 0.2) is 0 Å². The standard InChI is InChI=1S/C24H42O4/c25-23-19-15-13-11-9-7-5-3-1-2-4-6-8-10-12-14-16-20-24(26)28-22-18-17-21-27-23/h1-2H,3-22H2/b2-1+. The third kappa shape index (κ3) is 16.8. The lowest BCUT2D eigenvalue weighted by Crippen LogP contribution is -2.08. The zero-order chi connectivity index (χ0) is 20.1. The van der Waals surface area contributed by atoms with Crippen LogP contribution >= 0.6 is 0 Å². The topological polar surface area (TPSA) is 52.6 Å². The number of ether oxygens (including phenoxy) is 2. The molecule has 0 aromatic carbocycles. The minimum Gasteiger partial charge on any atom is -0.466 e. The number of esters is 2. The molecule has 0 aromatic heterocycles. The highest BCUT2D eigenvalue weighted by molar-refractivity contribution is 5.69. The van der Waals surface area contributed by atoms with Gasteiger partial charge in [0.2, 0.25) is 0 Å². The van der Waals surface area contributed by atoms with Gasteiger partial charge in [0.25, 0.3) is 0 Å². The molecule has 0 unspecified atom stereocenters. The molecule has 28 heavy (non-hydrogen) atoms. The van der Waals surface area contributed by atoms with Crippen molar-refractivity contribution in [3.05, 3.63) is 12.2 Å². The smallest absolute Gasteiger partial charge is 0.305 e. The maximum Gasteiger partial charge on any atom is 0.305 e. The highest BCUT2D eigenvalue weighted by Crippen LogP contribution is 2.12. The van der Waals surface area contributed by atoms with E-state index in [0.29, 0.717) is 26.1 Å². The van der Waals surface area contributed by atoms with E-state index in [-0.39, 0.29) is 11.9 Å². The van der Waals surface area contributed by atoms with E-state index in [1.807, 2.05) is 0 Å². The van der Waals surface area contributed by atoms with Gasteiger partial charge >= 0.3 is 11.9 Å². The lowest BCUT2D eigenvalue weighted by molar-refractivity contribution is -0.146. The van der Waals surface area contributed by atoms with Crippen molar-refractivity contribution in [1.29, 1.82) is 0 Å². The largest absolute Gasteiger partial charge is 0.466 e. The molecule has 0 saturated carbocycles. The number of cyclic esters (lactones) is 2. The van der Waals surface area contributed by atoms with Crippen LogP contribution < -0.4 is 0 Å². The Balaban J connectivity index is 2.18. The molecule has 0 spiro atoms. The predicted octanol–water partition coefficient (Wildman–Crippen LogP) is 6.66. The molecule has 0 aromatic rings. The van der Waals surface area contributed by atoms with Gasteiger partial charge < -0.3 is 9.47 Å². The van der Waals surface area contributed by atoms with Crippen LogP contribution in [0.4, 0.5) is 0 Å². The number of allylic oxidation sites excluding steroid dienone is 2. The molecule has 162 valence electrons. The summed E-state index contributed by atoms with van der Waals surface area (Å²) in [6.07, 6.45) is 23.8. The molecule has 0 amide bonds. The molecule has 1 rings (SSSR count). The molecule has 0 aliphatic carbocycles. The SMILES string of the molecule is O=C1CCCCCCCC/C=C/CCCCCCCCC(=O)OCCCCO1. The van der Waals surface area contributed by atoms with Gasteiger partial charge in [0.1, 0.15) is 0 Å². The van der Waals surface area contributed by atoms with Gasteiger partial charge in [-0.2, -0.15) is 0 Å². The first-order chi connectivity index (χ1) is 13.8. The van der Waals surface area contributed by atoms with Crippen LogP contribution in [0, 0.1) is 0 Å². The Hall–Kier alpha value is -1.32. The van der Waals surface area contributed by atoms with E-state index in [1.54, 1.807) is 0 Å². The maximum atomic E-state index is 11.7. The van der Waals surface area contributed by atoms with Crippen LogP contribution in [0.3, 0.4) is 0 Å². The summed E-state index contributed by atoms with van der Waals surface area (Å²) < 4.78 is 10.5. The van der Waals surface area contributed by atoms with Crippen molar-refractivity contribution in [1.82, 2.24) is 0 Å². The number of rotatable bonds is 0. The Morgan fingerprint density at radius 2 is 0.821 bits per heavy atom. The molecule has 0 atom stereocenters. The van der Waals surface area contributed by atoms with Crippen molar-refractivity contribution in [2.75, 3.05) is 13.2 Å². The fourth-order valence-corrected chi connectivity index (χ4v) is 3.43. The second kappa shape index (κ2) is 19.0. The summed E-state index contributed by atoms with van der Waals surface area (Å²) in [6.45, 7) is 0.869. The van der Waals surface area contributed by atoms with E-state index in [4.69, 9.17) is 9.47 Å². The van der Waals surface area contributed by atoms with Gasteiger partial charge in [-0.25, -0.2) is 0 Å². The summed E-state index contributed by atoms with van der Waals surface area (Å²) in [5.41, 5.74) is 0. The van der Waals surface area contributed by atoms with Crippen molar-refractivity contribution in [2.24, 2.45) is 0 Å². The number of hydrogen-bond donors (Lipinski definition) is 0. The summed E-state index contributed by atoms with van der Waals surface area (Å²) >= 11 is 0. The molecule has 0 radical (unpaired) electrons.